The Hall–Kier alpha value is 0.110. The summed E-state index contributed by atoms with van der Waals surface area (Å²) in [6, 6.07) is 4.14. The number of nitrogens with zero attached hydrogens (tertiary/aromatic N) is 1. The molecule has 0 amide bonds. The quantitative estimate of drug-likeness (QED) is 0.716. The van der Waals surface area contributed by atoms with Gasteiger partial charge in [0.05, 0.1) is 0 Å². The van der Waals surface area contributed by atoms with Gasteiger partial charge in [0, 0.05) is 0 Å². The lowest BCUT2D eigenvalue weighted by Gasteiger charge is -2.00. The molecule has 0 spiro atoms. The highest BCUT2D eigenvalue weighted by atomic mass is 79.9. The summed E-state index contributed by atoms with van der Waals surface area (Å²) in [4.78, 5) is 4.27. The van der Waals surface area contributed by atoms with Gasteiger partial charge >= 0.3 is 0 Å². The lowest BCUT2D eigenvalue weighted by atomic mass is 10.2. The first-order valence-corrected chi connectivity index (χ1v) is 5.18. The monoisotopic (exact) mass is 275 g/mol. The predicted octanol–water partition coefficient (Wildman–Crippen LogP) is 3.48. The van der Waals surface area contributed by atoms with Crippen LogP contribution in [0.15, 0.2) is 21.3 Å². The van der Waals surface area contributed by atoms with E-state index in [1.54, 1.807) is 0 Å². The first-order valence-electron chi connectivity index (χ1n) is 3.59. The topological polar surface area (TPSA) is 12.9 Å². The molecule has 1 fully saturated rings. The predicted molar refractivity (Wildman–Crippen MR) is 51.6 cm³/mol. The molecule has 1 aromatic heterocycles. The number of hydrogen-bond donors (Lipinski definition) is 0. The minimum absolute atomic E-state index is 0.768. The summed E-state index contributed by atoms with van der Waals surface area (Å²) in [5.41, 5.74) is 1.35. The molecule has 0 aromatic carbocycles. The molecule has 0 saturated heterocycles. The van der Waals surface area contributed by atoms with E-state index in [1.807, 2.05) is 6.07 Å². The second-order valence-electron chi connectivity index (χ2n) is 2.79. The van der Waals surface area contributed by atoms with Gasteiger partial charge in [-0.05, 0) is 62.2 Å². The van der Waals surface area contributed by atoms with E-state index in [0.29, 0.717) is 0 Å². The third-order valence-electron chi connectivity index (χ3n) is 1.86. The molecule has 0 bridgehead atoms. The van der Waals surface area contributed by atoms with Crippen LogP contribution in [0.25, 0.3) is 0 Å². The molecule has 1 aliphatic rings. The fourth-order valence-corrected chi connectivity index (χ4v) is 2.32. The normalized spacial score (nSPS) is 16.9. The van der Waals surface area contributed by atoms with E-state index < -0.39 is 0 Å². The van der Waals surface area contributed by atoms with Crippen LogP contribution >= 0.6 is 31.9 Å². The Kier molecular flexibility index (Phi) is 2.02. The van der Waals surface area contributed by atoms with Gasteiger partial charge in [0.2, 0.25) is 0 Å². The zero-order valence-electron chi connectivity index (χ0n) is 5.85. The van der Waals surface area contributed by atoms with Crippen LogP contribution in [0.4, 0.5) is 0 Å². The molecule has 0 atom stereocenters. The average Bonchev–Trinajstić information content (AvgIpc) is 2.70. The molecule has 0 aliphatic heterocycles. The molecule has 1 aromatic rings. The van der Waals surface area contributed by atoms with Crippen LogP contribution in [0.3, 0.4) is 0 Å². The Morgan fingerprint density at radius 1 is 1.27 bits per heavy atom. The fraction of sp³-hybridized carbons (Fsp3) is 0.375. The van der Waals surface area contributed by atoms with Crippen molar-refractivity contribution in [3.63, 3.8) is 0 Å². The molecule has 1 saturated carbocycles. The van der Waals surface area contributed by atoms with E-state index in [2.05, 4.69) is 42.9 Å². The average molecular weight is 277 g/mol. The van der Waals surface area contributed by atoms with Gasteiger partial charge in [-0.15, -0.1) is 0 Å². The van der Waals surface area contributed by atoms with Crippen LogP contribution in [-0.4, -0.2) is 4.98 Å². The third kappa shape index (κ3) is 1.64. The van der Waals surface area contributed by atoms with Gasteiger partial charge in [-0.1, -0.05) is 6.07 Å². The summed E-state index contributed by atoms with van der Waals surface area (Å²) in [6.07, 6.45) is 2.64. The van der Waals surface area contributed by atoms with Crippen molar-refractivity contribution in [2.75, 3.05) is 0 Å². The Labute approximate surface area is 82.5 Å². The Morgan fingerprint density at radius 2 is 2.00 bits per heavy atom. The first-order chi connectivity index (χ1) is 5.27. The minimum atomic E-state index is 0.768. The lowest BCUT2D eigenvalue weighted by Crippen LogP contribution is -1.85. The van der Waals surface area contributed by atoms with E-state index in [-0.39, 0.29) is 0 Å². The number of aromatic nitrogens is 1. The van der Waals surface area contributed by atoms with Gasteiger partial charge in [0.25, 0.3) is 0 Å². The Balaban J connectivity index is 2.39. The maximum atomic E-state index is 4.27. The van der Waals surface area contributed by atoms with E-state index in [4.69, 9.17) is 0 Å². The number of rotatable bonds is 1. The van der Waals surface area contributed by atoms with Crippen molar-refractivity contribution < 1.29 is 0 Å². The summed E-state index contributed by atoms with van der Waals surface area (Å²) in [7, 11) is 0. The smallest absolute Gasteiger partial charge is 0.110 e. The summed E-state index contributed by atoms with van der Waals surface area (Å²) < 4.78 is 1.89. The number of halogens is 2. The highest BCUT2D eigenvalue weighted by Crippen LogP contribution is 2.42. The molecule has 0 N–H and O–H groups in total. The standard InChI is InChI=1S/C8H7Br2N/c9-7-4-3-6(5-1-2-5)8(10)11-7/h3-5H,1-2H2. The van der Waals surface area contributed by atoms with E-state index in [9.17, 15) is 0 Å². The van der Waals surface area contributed by atoms with Gasteiger partial charge in [0.1, 0.15) is 9.21 Å². The highest BCUT2D eigenvalue weighted by Gasteiger charge is 2.25. The zero-order chi connectivity index (χ0) is 7.84. The van der Waals surface area contributed by atoms with E-state index in [0.717, 1.165) is 15.1 Å². The number of pyridine rings is 1. The largest absolute Gasteiger partial charge is 0.234 e. The fourth-order valence-electron chi connectivity index (χ4n) is 1.12. The Bertz CT molecular complexity index is 281. The van der Waals surface area contributed by atoms with Crippen LogP contribution in [-0.2, 0) is 0 Å². The first kappa shape index (κ1) is 7.74. The summed E-state index contributed by atoms with van der Waals surface area (Å²) >= 11 is 6.77. The van der Waals surface area contributed by atoms with E-state index >= 15 is 0 Å². The summed E-state index contributed by atoms with van der Waals surface area (Å²) in [6.45, 7) is 0. The maximum absolute atomic E-state index is 4.27. The van der Waals surface area contributed by atoms with Crippen molar-refractivity contribution in [2.24, 2.45) is 0 Å². The zero-order valence-corrected chi connectivity index (χ0v) is 9.02. The van der Waals surface area contributed by atoms with Crippen LogP contribution < -0.4 is 0 Å². The molecule has 11 heavy (non-hydrogen) atoms. The van der Waals surface area contributed by atoms with Crippen molar-refractivity contribution in [3.8, 4) is 0 Å². The van der Waals surface area contributed by atoms with Gasteiger partial charge < -0.3 is 0 Å². The van der Waals surface area contributed by atoms with Gasteiger partial charge in [-0.2, -0.15) is 0 Å². The van der Waals surface area contributed by atoms with Crippen molar-refractivity contribution in [3.05, 3.63) is 26.9 Å². The van der Waals surface area contributed by atoms with Crippen LogP contribution in [0.5, 0.6) is 0 Å². The second kappa shape index (κ2) is 2.87. The molecule has 58 valence electrons. The SMILES string of the molecule is Brc1ccc(C2CC2)c(Br)n1. The summed E-state index contributed by atoms with van der Waals surface area (Å²) in [5, 5.41) is 0. The lowest BCUT2D eigenvalue weighted by molar-refractivity contribution is 1.06. The molecule has 2 rings (SSSR count). The van der Waals surface area contributed by atoms with Gasteiger partial charge in [0.15, 0.2) is 0 Å². The molecule has 1 nitrogen and oxygen atoms in total. The minimum Gasteiger partial charge on any atom is -0.234 e. The van der Waals surface area contributed by atoms with E-state index in [1.165, 1.54) is 18.4 Å². The number of hydrogen-bond acceptors (Lipinski definition) is 1. The van der Waals surface area contributed by atoms with Gasteiger partial charge in [-0.25, -0.2) is 4.98 Å². The van der Waals surface area contributed by atoms with Crippen LogP contribution in [0.2, 0.25) is 0 Å². The molecular weight excluding hydrogens is 270 g/mol. The molecular formula is C8H7Br2N. The molecule has 3 heteroatoms. The van der Waals surface area contributed by atoms with Crippen LogP contribution in [0, 0.1) is 0 Å². The summed E-state index contributed by atoms with van der Waals surface area (Å²) in [5.74, 6) is 0.768. The van der Waals surface area contributed by atoms with Crippen molar-refractivity contribution >= 4 is 31.9 Å². The molecule has 1 aliphatic carbocycles. The Morgan fingerprint density at radius 3 is 2.55 bits per heavy atom. The maximum Gasteiger partial charge on any atom is 0.110 e. The van der Waals surface area contributed by atoms with Crippen molar-refractivity contribution in [1.82, 2.24) is 4.98 Å². The van der Waals surface area contributed by atoms with Gasteiger partial charge in [-0.3, -0.25) is 0 Å². The third-order valence-corrected chi connectivity index (χ3v) is 2.94. The molecule has 0 radical (unpaired) electrons. The highest BCUT2D eigenvalue weighted by molar-refractivity contribution is 9.11. The van der Waals surface area contributed by atoms with Crippen molar-refractivity contribution in [2.45, 2.75) is 18.8 Å². The molecule has 1 heterocycles. The second-order valence-corrected chi connectivity index (χ2v) is 4.35. The van der Waals surface area contributed by atoms with Crippen molar-refractivity contribution in [1.29, 1.82) is 0 Å². The van der Waals surface area contributed by atoms with Crippen LogP contribution in [0.1, 0.15) is 24.3 Å². The molecule has 0 unspecified atom stereocenters.